The highest BCUT2D eigenvalue weighted by molar-refractivity contribution is 9.10. The third-order valence-electron chi connectivity index (χ3n) is 2.17. The SMILES string of the molecule is CNC(C)CNc1cnn(C)c(=O)c1Br. The number of likely N-dealkylation sites (N-methyl/N-ethyl adjacent to an activating group) is 1. The molecule has 0 bridgehead atoms. The summed E-state index contributed by atoms with van der Waals surface area (Å²) in [4.78, 5) is 11.5. The van der Waals surface area contributed by atoms with Gasteiger partial charge in [-0.1, -0.05) is 0 Å². The van der Waals surface area contributed by atoms with Crippen LogP contribution in [-0.4, -0.2) is 29.4 Å². The van der Waals surface area contributed by atoms with Gasteiger partial charge in [0.2, 0.25) is 0 Å². The van der Waals surface area contributed by atoms with Gasteiger partial charge in [0.1, 0.15) is 4.47 Å². The van der Waals surface area contributed by atoms with Gasteiger partial charge in [-0.25, -0.2) is 4.68 Å². The van der Waals surface area contributed by atoms with Crippen molar-refractivity contribution in [2.24, 2.45) is 7.05 Å². The summed E-state index contributed by atoms with van der Waals surface area (Å²) in [6.07, 6.45) is 1.63. The normalized spacial score (nSPS) is 12.5. The van der Waals surface area contributed by atoms with Crippen molar-refractivity contribution in [1.82, 2.24) is 15.1 Å². The number of nitrogens with one attached hydrogen (secondary N) is 2. The molecule has 1 unspecified atom stereocenters. The number of hydrogen-bond donors (Lipinski definition) is 2. The summed E-state index contributed by atoms with van der Waals surface area (Å²) in [6, 6.07) is 0.334. The molecule has 0 aliphatic carbocycles. The molecule has 1 rings (SSSR count). The maximum Gasteiger partial charge on any atom is 0.282 e. The Bertz CT molecular complexity index is 390. The first-order chi connectivity index (χ1) is 7.06. The molecular formula is C9H15BrN4O. The average molecular weight is 275 g/mol. The molecule has 1 heterocycles. The number of rotatable bonds is 4. The number of aryl methyl sites for hydroxylation is 1. The zero-order valence-electron chi connectivity index (χ0n) is 9.04. The third kappa shape index (κ3) is 3.04. The molecule has 84 valence electrons. The van der Waals surface area contributed by atoms with E-state index in [-0.39, 0.29) is 5.56 Å². The Hall–Kier alpha value is -0.880. The Balaban J connectivity index is 2.79. The van der Waals surface area contributed by atoms with Crippen LogP contribution in [0.5, 0.6) is 0 Å². The van der Waals surface area contributed by atoms with Crippen LogP contribution in [0.3, 0.4) is 0 Å². The minimum absolute atomic E-state index is 0.142. The molecule has 2 N–H and O–H groups in total. The van der Waals surface area contributed by atoms with Crippen LogP contribution in [0.25, 0.3) is 0 Å². The third-order valence-corrected chi connectivity index (χ3v) is 2.94. The predicted octanol–water partition coefficient (Wildman–Crippen LogP) is 0.563. The summed E-state index contributed by atoms with van der Waals surface area (Å²) in [5.41, 5.74) is 0.581. The van der Waals surface area contributed by atoms with E-state index < -0.39 is 0 Å². The molecule has 0 amide bonds. The van der Waals surface area contributed by atoms with Crippen molar-refractivity contribution in [3.05, 3.63) is 21.0 Å². The summed E-state index contributed by atoms with van der Waals surface area (Å²) in [6.45, 7) is 2.79. The smallest absolute Gasteiger partial charge is 0.282 e. The van der Waals surface area contributed by atoms with Crippen LogP contribution in [-0.2, 0) is 7.05 Å². The molecule has 1 atom stereocenters. The van der Waals surface area contributed by atoms with Crippen LogP contribution >= 0.6 is 15.9 Å². The summed E-state index contributed by atoms with van der Waals surface area (Å²) in [5, 5.41) is 10.2. The fourth-order valence-corrected chi connectivity index (χ4v) is 1.50. The Labute approximate surface area is 97.0 Å². The van der Waals surface area contributed by atoms with Gasteiger partial charge in [-0.05, 0) is 29.9 Å². The molecule has 0 fully saturated rings. The molecule has 0 spiro atoms. The fraction of sp³-hybridized carbons (Fsp3) is 0.556. The number of anilines is 1. The lowest BCUT2D eigenvalue weighted by atomic mass is 10.3. The monoisotopic (exact) mass is 274 g/mol. The molecule has 0 aromatic carbocycles. The first kappa shape index (κ1) is 12.2. The van der Waals surface area contributed by atoms with Crippen molar-refractivity contribution < 1.29 is 0 Å². The number of nitrogens with zero attached hydrogens (tertiary/aromatic N) is 2. The molecule has 5 nitrogen and oxygen atoms in total. The van der Waals surface area contributed by atoms with Gasteiger partial charge in [0, 0.05) is 19.6 Å². The van der Waals surface area contributed by atoms with Crippen molar-refractivity contribution in [2.75, 3.05) is 18.9 Å². The van der Waals surface area contributed by atoms with Gasteiger partial charge in [-0.15, -0.1) is 0 Å². The molecule has 0 radical (unpaired) electrons. The van der Waals surface area contributed by atoms with Crippen LogP contribution in [0.2, 0.25) is 0 Å². The van der Waals surface area contributed by atoms with Crippen LogP contribution in [0.15, 0.2) is 15.5 Å². The Morgan fingerprint density at radius 2 is 2.33 bits per heavy atom. The lowest BCUT2D eigenvalue weighted by molar-refractivity contribution is 0.636. The van der Waals surface area contributed by atoms with Gasteiger partial charge < -0.3 is 10.6 Å². The van der Waals surface area contributed by atoms with Crippen molar-refractivity contribution in [1.29, 1.82) is 0 Å². The average Bonchev–Trinajstić information content (AvgIpc) is 2.24. The van der Waals surface area contributed by atoms with Crippen molar-refractivity contribution in [3.63, 3.8) is 0 Å². The number of halogens is 1. The molecule has 0 saturated carbocycles. The van der Waals surface area contributed by atoms with Crippen LogP contribution in [0.1, 0.15) is 6.92 Å². The minimum atomic E-state index is -0.142. The second-order valence-corrected chi connectivity index (χ2v) is 4.16. The summed E-state index contributed by atoms with van der Waals surface area (Å²) < 4.78 is 1.81. The highest BCUT2D eigenvalue weighted by atomic mass is 79.9. The lowest BCUT2D eigenvalue weighted by Crippen LogP contribution is -2.30. The van der Waals surface area contributed by atoms with E-state index in [1.807, 2.05) is 7.05 Å². The highest BCUT2D eigenvalue weighted by Gasteiger charge is 2.06. The number of hydrogen-bond acceptors (Lipinski definition) is 4. The molecular weight excluding hydrogens is 260 g/mol. The first-order valence-corrected chi connectivity index (χ1v) is 5.48. The second kappa shape index (κ2) is 5.27. The van der Waals surface area contributed by atoms with Gasteiger partial charge in [-0.3, -0.25) is 4.79 Å². The Kier molecular flexibility index (Phi) is 4.28. The largest absolute Gasteiger partial charge is 0.381 e. The molecule has 0 aliphatic heterocycles. The van der Waals surface area contributed by atoms with E-state index in [0.29, 0.717) is 10.5 Å². The maximum atomic E-state index is 11.5. The highest BCUT2D eigenvalue weighted by Crippen LogP contribution is 2.15. The zero-order valence-corrected chi connectivity index (χ0v) is 10.6. The fourth-order valence-electron chi connectivity index (χ4n) is 0.999. The predicted molar refractivity (Wildman–Crippen MR) is 64.2 cm³/mol. The van der Waals surface area contributed by atoms with Crippen LogP contribution in [0.4, 0.5) is 5.69 Å². The van der Waals surface area contributed by atoms with E-state index in [9.17, 15) is 4.79 Å². The van der Waals surface area contributed by atoms with Crippen LogP contribution in [0, 0.1) is 0 Å². The summed E-state index contributed by atoms with van der Waals surface area (Å²) in [5.74, 6) is 0. The second-order valence-electron chi connectivity index (χ2n) is 3.37. The molecule has 0 aliphatic rings. The zero-order chi connectivity index (χ0) is 11.4. The molecule has 1 aromatic heterocycles. The minimum Gasteiger partial charge on any atom is -0.381 e. The van der Waals surface area contributed by atoms with Gasteiger partial charge in [0.25, 0.3) is 5.56 Å². The number of aromatic nitrogens is 2. The van der Waals surface area contributed by atoms with E-state index >= 15 is 0 Å². The van der Waals surface area contributed by atoms with E-state index in [2.05, 4.69) is 38.6 Å². The standard InChI is InChI=1S/C9H15BrN4O/c1-6(11-2)4-12-7-5-13-14(3)9(15)8(7)10/h5-6,11-12H,4H2,1-3H3. The van der Waals surface area contributed by atoms with Crippen molar-refractivity contribution >= 4 is 21.6 Å². The molecule has 15 heavy (non-hydrogen) atoms. The molecule has 6 heteroatoms. The topological polar surface area (TPSA) is 59.0 Å². The van der Waals surface area contributed by atoms with Gasteiger partial charge in [-0.2, -0.15) is 5.10 Å². The Morgan fingerprint density at radius 3 is 2.93 bits per heavy atom. The van der Waals surface area contributed by atoms with Gasteiger partial charge in [0.15, 0.2) is 0 Å². The van der Waals surface area contributed by atoms with E-state index in [4.69, 9.17) is 0 Å². The first-order valence-electron chi connectivity index (χ1n) is 4.69. The lowest BCUT2D eigenvalue weighted by Gasteiger charge is -2.13. The van der Waals surface area contributed by atoms with Crippen molar-refractivity contribution in [2.45, 2.75) is 13.0 Å². The van der Waals surface area contributed by atoms with E-state index in [1.165, 1.54) is 4.68 Å². The quantitative estimate of drug-likeness (QED) is 0.843. The van der Waals surface area contributed by atoms with E-state index in [1.54, 1.807) is 13.2 Å². The molecule has 1 aromatic rings. The maximum absolute atomic E-state index is 11.5. The van der Waals surface area contributed by atoms with Gasteiger partial charge >= 0.3 is 0 Å². The molecule has 0 saturated heterocycles. The van der Waals surface area contributed by atoms with Gasteiger partial charge in [0.05, 0.1) is 11.9 Å². The summed E-state index contributed by atoms with van der Waals surface area (Å²) in [7, 11) is 3.51. The van der Waals surface area contributed by atoms with E-state index in [0.717, 1.165) is 12.2 Å². The summed E-state index contributed by atoms with van der Waals surface area (Å²) >= 11 is 3.25. The Morgan fingerprint density at radius 1 is 1.67 bits per heavy atom. The van der Waals surface area contributed by atoms with Crippen LogP contribution < -0.4 is 16.2 Å². The van der Waals surface area contributed by atoms with Crippen molar-refractivity contribution in [3.8, 4) is 0 Å².